The van der Waals surface area contributed by atoms with Crippen molar-refractivity contribution in [3.05, 3.63) is 28.8 Å². The average Bonchev–Trinajstić information content (AvgIpc) is 2.71. The number of hydrogen-bond acceptors (Lipinski definition) is 3. The molecular formula is C16H26N2O. The van der Waals surface area contributed by atoms with Gasteiger partial charge in [-0.3, -0.25) is 4.90 Å². The molecule has 3 nitrogen and oxygen atoms in total. The molecule has 106 valence electrons. The number of methoxy groups -OCH3 is 1. The molecule has 1 aliphatic heterocycles. The van der Waals surface area contributed by atoms with Crippen LogP contribution in [0.3, 0.4) is 0 Å². The lowest BCUT2D eigenvalue weighted by Crippen LogP contribution is -2.31. The van der Waals surface area contributed by atoms with Crippen molar-refractivity contribution in [3.63, 3.8) is 0 Å². The summed E-state index contributed by atoms with van der Waals surface area (Å²) in [7, 11) is 1.74. The maximum atomic E-state index is 5.87. The molecule has 0 radical (unpaired) electrons. The van der Waals surface area contributed by atoms with E-state index >= 15 is 0 Å². The zero-order valence-corrected chi connectivity index (χ0v) is 12.6. The van der Waals surface area contributed by atoms with E-state index < -0.39 is 0 Å². The molecule has 2 N–H and O–H groups in total. The lowest BCUT2D eigenvalue weighted by molar-refractivity contribution is 0.274. The van der Waals surface area contributed by atoms with Crippen LogP contribution < -0.4 is 10.5 Å². The molecule has 0 saturated carbocycles. The first-order chi connectivity index (χ1) is 8.97. The van der Waals surface area contributed by atoms with Gasteiger partial charge in [-0.25, -0.2) is 0 Å². The molecule has 0 aromatic heterocycles. The van der Waals surface area contributed by atoms with Crippen LogP contribution in [-0.2, 0) is 6.54 Å². The first-order valence-electron chi connectivity index (χ1n) is 7.04. The Morgan fingerprint density at radius 3 is 2.42 bits per heavy atom. The number of ether oxygens (including phenoxy) is 1. The van der Waals surface area contributed by atoms with Crippen LogP contribution in [0.4, 0.5) is 0 Å². The van der Waals surface area contributed by atoms with Crippen molar-refractivity contribution < 1.29 is 4.74 Å². The smallest absolute Gasteiger partial charge is 0.124 e. The molecule has 19 heavy (non-hydrogen) atoms. The van der Waals surface area contributed by atoms with Gasteiger partial charge in [0.05, 0.1) is 7.11 Å². The maximum Gasteiger partial charge on any atom is 0.124 e. The lowest BCUT2D eigenvalue weighted by atomic mass is 9.90. The van der Waals surface area contributed by atoms with E-state index in [0.29, 0.717) is 5.41 Å². The maximum absolute atomic E-state index is 5.87. The largest absolute Gasteiger partial charge is 0.496 e. The SMILES string of the molecule is COc1c(C)cc(CN2CCC(C)(CN)C2)cc1C. The molecule has 1 atom stereocenters. The highest BCUT2D eigenvalue weighted by Crippen LogP contribution is 2.31. The van der Waals surface area contributed by atoms with Crippen molar-refractivity contribution in [2.24, 2.45) is 11.1 Å². The molecule has 1 saturated heterocycles. The molecule has 0 amide bonds. The van der Waals surface area contributed by atoms with E-state index in [2.05, 4.69) is 37.8 Å². The summed E-state index contributed by atoms with van der Waals surface area (Å²) in [5.41, 5.74) is 9.98. The topological polar surface area (TPSA) is 38.5 Å². The van der Waals surface area contributed by atoms with E-state index in [1.165, 1.54) is 23.1 Å². The van der Waals surface area contributed by atoms with Crippen molar-refractivity contribution in [1.29, 1.82) is 0 Å². The number of aryl methyl sites for hydroxylation is 2. The molecule has 1 aromatic rings. The second-order valence-corrected chi connectivity index (χ2v) is 6.24. The summed E-state index contributed by atoms with van der Waals surface area (Å²) in [5, 5.41) is 0. The van der Waals surface area contributed by atoms with Gasteiger partial charge in [0.1, 0.15) is 5.75 Å². The van der Waals surface area contributed by atoms with Gasteiger partial charge in [-0.05, 0) is 55.5 Å². The molecule has 1 heterocycles. The molecule has 1 aliphatic rings. The third-order valence-electron chi connectivity index (χ3n) is 4.26. The van der Waals surface area contributed by atoms with Gasteiger partial charge in [0.25, 0.3) is 0 Å². The number of rotatable bonds is 4. The molecule has 0 bridgehead atoms. The number of likely N-dealkylation sites (tertiary alicyclic amines) is 1. The number of hydrogen-bond donors (Lipinski definition) is 1. The Kier molecular flexibility index (Phi) is 4.16. The van der Waals surface area contributed by atoms with Gasteiger partial charge in [-0.2, -0.15) is 0 Å². The van der Waals surface area contributed by atoms with Crippen LogP contribution in [-0.4, -0.2) is 31.6 Å². The fourth-order valence-corrected chi connectivity index (χ4v) is 3.14. The first-order valence-corrected chi connectivity index (χ1v) is 7.04. The number of nitrogens with two attached hydrogens (primary N) is 1. The quantitative estimate of drug-likeness (QED) is 0.906. The van der Waals surface area contributed by atoms with E-state index in [9.17, 15) is 0 Å². The van der Waals surface area contributed by atoms with Gasteiger partial charge in [0.2, 0.25) is 0 Å². The van der Waals surface area contributed by atoms with Crippen LogP contribution in [0.25, 0.3) is 0 Å². The summed E-state index contributed by atoms with van der Waals surface area (Å²) in [6, 6.07) is 4.48. The lowest BCUT2D eigenvalue weighted by Gasteiger charge is -2.23. The summed E-state index contributed by atoms with van der Waals surface area (Å²) in [4.78, 5) is 2.51. The molecule has 0 aliphatic carbocycles. The minimum atomic E-state index is 0.302. The van der Waals surface area contributed by atoms with Crippen LogP contribution in [0, 0.1) is 19.3 Å². The number of benzene rings is 1. The van der Waals surface area contributed by atoms with Gasteiger partial charge >= 0.3 is 0 Å². The van der Waals surface area contributed by atoms with Crippen molar-refractivity contribution in [3.8, 4) is 5.75 Å². The molecule has 2 rings (SSSR count). The van der Waals surface area contributed by atoms with E-state index in [1.807, 2.05) is 0 Å². The Hall–Kier alpha value is -1.06. The van der Waals surface area contributed by atoms with Gasteiger partial charge in [-0.1, -0.05) is 19.1 Å². The standard InChI is InChI=1S/C16H26N2O/c1-12-7-14(8-13(2)15(12)19-4)9-18-6-5-16(3,10-17)11-18/h7-8H,5-6,9-11,17H2,1-4H3. The van der Waals surface area contributed by atoms with Crippen LogP contribution >= 0.6 is 0 Å². The average molecular weight is 262 g/mol. The second kappa shape index (κ2) is 5.51. The van der Waals surface area contributed by atoms with E-state index in [0.717, 1.165) is 31.9 Å². The highest BCUT2D eigenvalue weighted by Gasteiger charge is 2.32. The number of nitrogens with zero attached hydrogens (tertiary/aromatic N) is 1. The molecule has 1 aromatic carbocycles. The molecule has 1 unspecified atom stereocenters. The predicted molar refractivity (Wildman–Crippen MR) is 79.5 cm³/mol. The summed E-state index contributed by atoms with van der Waals surface area (Å²) in [6.07, 6.45) is 1.21. The highest BCUT2D eigenvalue weighted by molar-refractivity contribution is 5.43. The second-order valence-electron chi connectivity index (χ2n) is 6.24. The van der Waals surface area contributed by atoms with Crippen LogP contribution in [0.1, 0.15) is 30.0 Å². The normalized spacial score (nSPS) is 23.8. The Morgan fingerprint density at radius 2 is 1.95 bits per heavy atom. The summed E-state index contributed by atoms with van der Waals surface area (Å²) in [5.74, 6) is 1.01. The van der Waals surface area contributed by atoms with Crippen LogP contribution in [0.15, 0.2) is 12.1 Å². The van der Waals surface area contributed by atoms with E-state index in [1.54, 1.807) is 7.11 Å². The van der Waals surface area contributed by atoms with E-state index in [-0.39, 0.29) is 0 Å². The van der Waals surface area contributed by atoms with Crippen molar-refractivity contribution in [2.75, 3.05) is 26.7 Å². The fraction of sp³-hybridized carbons (Fsp3) is 0.625. The van der Waals surface area contributed by atoms with Gasteiger partial charge in [0, 0.05) is 13.1 Å². The fourth-order valence-electron chi connectivity index (χ4n) is 3.14. The summed E-state index contributed by atoms with van der Waals surface area (Å²) >= 11 is 0. The van der Waals surface area contributed by atoms with Gasteiger partial charge in [0.15, 0.2) is 0 Å². The van der Waals surface area contributed by atoms with E-state index in [4.69, 9.17) is 10.5 Å². The van der Waals surface area contributed by atoms with Gasteiger partial charge < -0.3 is 10.5 Å². The van der Waals surface area contributed by atoms with Gasteiger partial charge in [-0.15, -0.1) is 0 Å². The summed E-state index contributed by atoms with van der Waals surface area (Å²) in [6.45, 7) is 10.6. The zero-order valence-electron chi connectivity index (χ0n) is 12.6. The Labute approximate surface area is 116 Å². The van der Waals surface area contributed by atoms with Crippen LogP contribution in [0.2, 0.25) is 0 Å². The molecular weight excluding hydrogens is 236 g/mol. The third kappa shape index (κ3) is 3.10. The van der Waals surface area contributed by atoms with Crippen molar-refractivity contribution in [2.45, 2.75) is 33.7 Å². The van der Waals surface area contributed by atoms with Crippen LogP contribution in [0.5, 0.6) is 5.75 Å². The Morgan fingerprint density at radius 1 is 1.32 bits per heavy atom. The monoisotopic (exact) mass is 262 g/mol. The molecule has 0 spiro atoms. The zero-order chi connectivity index (χ0) is 14.0. The third-order valence-corrected chi connectivity index (χ3v) is 4.26. The minimum Gasteiger partial charge on any atom is -0.496 e. The molecule has 3 heteroatoms. The van der Waals surface area contributed by atoms with Crippen molar-refractivity contribution in [1.82, 2.24) is 4.90 Å². The highest BCUT2D eigenvalue weighted by atomic mass is 16.5. The first kappa shape index (κ1) is 14.4. The molecule has 1 fully saturated rings. The predicted octanol–water partition coefficient (Wildman–Crippen LogP) is 2.48. The Bertz CT molecular complexity index is 435. The Balaban J connectivity index is 2.09. The minimum absolute atomic E-state index is 0.302. The van der Waals surface area contributed by atoms with Crippen molar-refractivity contribution >= 4 is 0 Å². The summed E-state index contributed by atoms with van der Waals surface area (Å²) < 4.78 is 5.42.